The summed E-state index contributed by atoms with van der Waals surface area (Å²) < 4.78 is 0. The van der Waals surface area contributed by atoms with Crippen molar-refractivity contribution in [3.8, 4) is 11.3 Å². The van der Waals surface area contributed by atoms with Gasteiger partial charge in [-0.25, -0.2) is 4.98 Å². The van der Waals surface area contributed by atoms with Crippen molar-refractivity contribution in [2.45, 2.75) is 44.6 Å². The Morgan fingerprint density at radius 2 is 1.79 bits per heavy atom. The van der Waals surface area contributed by atoms with Crippen molar-refractivity contribution < 1.29 is 0 Å². The fraction of sp³-hybridized carbons (Fsp3) is 0.438. The third-order valence-electron chi connectivity index (χ3n) is 4.02. The van der Waals surface area contributed by atoms with Crippen LogP contribution in [0.15, 0.2) is 29.6 Å². The lowest BCUT2D eigenvalue weighted by Crippen LogP contribution is -2.38. The van der Waals surface area contributed by atoms with E-state index in [4.69, 9.17) is 10.7 Å². The quantitative estimate of drug-likeness (QED) is 0.888. The minimum atomic E-state index is -0.175. The normalized spacial score (nSPS) is 18.4. The van der Waals surface area contributed by atoms with Crippen LogP contribution >= 0.6 is 11.3 Å². The summed E-state index contributed by atoms with van der Waals surface area (Å²) in [6, 6.07) is 8.54. The summed E-state index contributed by atoms with van der Waals surface area (Å²) >= 11 is 1.72. The molecule has 0 radical (unpaired) electrons. The fourth-order valence-corrected chi connectivity index (χ4v) is 3.76. The molecule has 1 heterocycles. The monoisotopic (exact) mass is 272 g/mol. The molecule has 3 heteroatoms. The van der Waals surface area contributed by atoms with E-state index in [0.29, 0.717) is 0 Å². The minimum absolute atomic E-state index is 0.175. The SMILES string of the molecule is Cc1ccc(-c2csc(C3(N)CCCCC3)n2)cc1. The average molecular weight is 272 g/mol. The molecule has 0 atom stereocenters. The van der Waals surface area contributed by atoms with Crippen LogP contribution in [0.3, 0.4) is 0 Å². The number of benzene rings is 1. The van der Waals surface area contributed by atoms with Crippen molar-refractivity contribution in [1.82, 2.24) is 4.98 Å². The van der Waals surface area contributed by atoms with Crippen molar-refractivity contribution in [3.63, 3.8) is 0 Å². The first-order valence-electron chi connectivity index (χ1n) is 6.99. The van der Waals surface area contributed by atoms with Crippen LogP contribution in [-0.4, -0.2) is 4.98 Å². The number of hydrogen-bond donors (Lipinski definition) is 1. The van der Waals surface area contributed by atoms with Gasteiger partial charge in [-0.05, 0) is 19.8 Å². The Balaban J connectivity index is 1.88. The number of hydrogen-bond acceptors (Lipinski definition) is 3. The Hall–Kier alpha value is -1.19. The molecule has 2 N–H and O–H groups in total. The van der Waals surface area contributed by atoms with Crippen molar-refractivity contribution in [2.75, 3.05) is 0 Å². The molecule has 0 unspecified atom stereocenters. The van der Waals surface area contributed by atoms with Crippen LogP contribution in [0.2, 0.25) is 0 Å². The van der Waals surface area contributed by atoms with Gasteiger partial charge in [-0.15, -0.1) is 11.3 Å². The molecule has 1 aliphatic rings. The smallest absolute Gasteiger partial charge is 0.113 e. The van der Waals surface area contributed by atoms with Gasteiger partial charge in [-0.1, -0.05) is 49.1 Å². The Labute approximate surface area is 118 Å². The van der Waals surface area contributed by atoms with Crippen molar-refractivity contribution in [3.05, 3.63) is 40.2 Å². The first-order valence-corrected chi connectivity index (χ1v) is 7.87. The second-order valence-electron chi connectivity index (χ2n) is 5.62. The molecule has 1 aromatic heterocycles. The predicted octanol–water partition coefficient (Wildman–Crippen LogP) is 4.24. The molecular weight excluding hydrogens is 252 g/mol. The standard InChI is InChI=1S/C16H20N2S/c1-12-5-7-13(8-6-12)14-11-19-15(18-14)16(17)9-3-2-4-10-16/h5-8,11H,2-4,9-10,17H2,1H3. The Bertz CT molecular complexity index is 550. The summed E-state index contributed by atoms with van der Waals surface area (Å²) in [6.45, 7) is 2.10. The Morgan fingerprint density at radius 1 is 1.11 bits per heavy atom. The van der Waals surface area contributed by atoms with E-state index in [0.717, 1.165) is 23.5 Å². The average Bonchev–Trinajstić information content (AvgIpc) is 2.91. The highest BCUT2D eigenvalue weighted by Gasteiger charge is 2.32. The molecule has 3 rings (SSSR count). The van der Waals surface area contributed by atoms with E-state index in [1.807, 2.05) is 0 Å². The number of nitrogens with two attached hydrogens (primary N) is 1. The Kier molecular flexibility index (Phi) is 3.42. The molecular formula is C16H20N2S. The zero-order valence-electron chi connectivity index (χ0n) is 11.4. The van der Waals surface area contributed by atoms with Gasteiger partial charge in [-0.3, -0.25) is 0 Å². The third-order valence-corrected chi connectivity index (χ3v) is 5.09. The van der Waals surface area contributed by atoms with Crippen LogP contribution in [0.4, 0.5) is 0 Å². The number of aromatic nitrogens is 1. The van der Waals surface area contributed by atoms with E-state index in [1.54, 1.807) is 11.3 Å². The molecule has 1 aliphatic carbocycles. The van der Waals surface area contributed by atoms with E-state index in [-0.39, 0.29) is 5.54 Å². The molecule has 2 nitrogen and oxygen atoms in total. The van der Waals surface area contributed by atoms with Crippen LogP contribution in [0.25, 0.3) is 11.3 Å². The summed E-state index contributed by atoms with van der Waals surface area (Å²) in [7, 11) is 0. The molecule has 1 aromatic carbocycles. The molecule has 0 bridgehead atoms. The maximum atomic E-state index is 6.54. The molecule has 1 saturated carbocycles. The van der Waals surface area contributed by atoms with Crippen LogP contribution in [-0.2, 0) is 5.54 Å². The first kappa shape index (κ1) is 12.8. The minimum Gasteiger partial charge on any atom is -0.319 e. The van der Waals surface area contributed by atoms with Gasteiger partial charge in [-0.2, -0.15) is 0 Å². The lowest BCUT2D eigenvalue weighted by atomic mass is 9.83. The van der Waals surface area contributed by atoms with Crippen molar-refractivity contribution in [1.29, 1.82) is 0 Å². The van der Waals surface area contributed by atoms with Crippen molar-refractivity contribution in [2.24, 2.45) is 5.73 Å². The lowest BCUT2D eigenvalue weighted by molar-refractivity contribution is 0.301. The van der Waals surface area contributed by atoms with E-state index < -0.39 is 0 Å². The molecule has 0 amide bonds. The van der Waals surface area contributed by atoms with E-state index >= 15 is 0 Å². The van der Waals surface area contributed by atoms with Gasteiger partial charge in [0.1, 0.15) is 5.01 Å². The summed E-state index contributed by atoms with van der Waals surface area (Å²) in [5, 5.41) is 3.26. The summed E-state index contributed by atoms with van der Waals surface area (Å²) in [4.78, 5) is 4.80. The van der Waals surface area contributed by atoms with Crippen LogP contribution in [0, 0.1) is 6.92 Å². The van der Waals surface area contributed by atoms with Gasteiger partial charge in [0.05, 0.1) is 11.2 Å². The van der Waals surface area contributed by atoms with Crippen LogP contribution in [0.1, 0.15) is 42.7 Å². The molecule has 100 valence electrons. The lowest BCUT2D eigenvalue weighted by Gasteiger charge is -2.31. The number of rotatable bonds is 2. The summed E-state index contributed by atoms with van der Waals surface area (Å²) in [5.74, 6) is 0. The number of nitrogens with zero attached hydrogens (tertiary/aromatic N) is 1. The fourth-order valence-electron chi connectivity index (χ4n) is 2.76. The van der Waals surface area contributed by atoms with E-state index in [2.05, 4.69) is 36.6 Å². The second kappa shape index (κ2) is 5.06. The number of thiazole rings is 1. The largest absolute Gasteiger partial charge is 0.319 e. The van der Waals surface area contributed by atoms with Gasteiger partial charge in [0.15, 0.2) is 0 Å². The van der Waals surface area contributed by atoms with Gasteiger partial charge >= 0.3 is 0 Å². The molecule has 19 heavy (non-hydrogen) atoms. The highest BCUT2D eigenvalue weighted by atomic mass is 32.1. The third kappa shape index (κ3) is 2.58. The molecule has 0 spiro atoms. The topological polar surface area (TPSA) is 38.9 Å². The zero-order valence-corrected chi connectivity index (χ0v) is 12.2. The maximum absolute atomic E-state index is 6.54. The highest BCUT2D eigenvalue weighted by molar-refractivity contribution is 7.10. The Morgan fingerprint density at radius 3 is 2.47 bits per heavy atom. The maximum Gasteiger partial charge on any atom is 0.113 e. The molecule has 2 aromatic rings. The molecule has 0 saturated heterocycles. The van der Waals surface area contributed by atoms with Gasteiger partial charge in [0, 0.05) is 10.9 Å². The summed E-state index contributed by atoms with van der Waals surface area (Å²) in [5.41, 5.74) is 9.90. The van der Waals surface area contributed by atoms with Crippen LogP contribution < -0.4 is 5.73 Å². The van der Waals surface area contributed by atoms with Gasteiger partial charge < -0.3 is 5.73 Å². The number of aryl methyl sites for hydroxylation is 1. The van der Waals surface area contributed by atoms with Gasteiger partial charge in [0.25, 0.3) is 0 Å². The van der Waals surface area contributed by atoms with Gasteiger partial charge in [0.2, 0.25) is 0 Å². The van der Waals surface area contributed by atoms with E-state index in [1.165, 1.54) is 30.4 Å². The first-order chi connectivity index (χ1) is 9.17. The molecule has 0 aliphatic heterocycles. The molecule has 1 fully saturated rings. The highest BCUT2D eigenvalue weighted by Crippen LogP contribution is 2.37. The van der Waals surface area contributed by atoms with Crippen LogP contribution in [0.5, 0.6) is 0 Å². The summed E-state index contributed by atoms with van der Waals surface area (Å²) in [6.07, 6.45) is 5.93. The van der Waals surface area contributed by atoms with Crippen molar-refractivity contribution >= 4 is 11.3 Å². The predicted molar refractivity (Wildman–Crippen MR) is 81.2 cm³/mol. The second-order valence-corrected chi connectivity index (χ2v) is 6.48. The van der Waals surface area contributed by atoms with E-state index in [9.17, 15) is 0 Å². The zero-order chi connectivity index (χ0) is 13.3.